The molecule has 168 valence electrons. The highest BCUT2D eigenvalue weighted by Gasteiger charge is 2.29. The van der Waals surface area contributed by atoms with Crippen LogP contribution in [0.3, 0.4) is 0 Å². The number of likely N-dealkylation sites (tertiary alicyclic amines) is 1. The molecule has 2 aliphatic rings. The molecule has 5 rings (SSSR count). The second-order valence-corrected chi connectivity index (χ2v) is 8.45. The van der Waals surface area contributed by atoms with Gasteiger partial charge in [-0.3, -0.25) is 14.4 Å². The number of furan rings is 1. The molecule has 0 saturated carbocycles. The van der Waals surface area contributed by atoms with E-state index in [4.69, 9.17) is 4.42 Å². The van der Waals surface area contributed by atoms with Gasteiger partial charge in [-0.2, -0.15) is 0 Å². The van der Waals surface area contributed by atoms with Gasteiger partial charge in [0.05, 0.1) is 6.26 Å². The molecule has 7 heteroatoms. The van der Waals surface area contributed by atoms with Gasteiger partial charge in [0.25, 0.3) is 11.8 Å². The van der Waals surface area contributed by atoms with Crippen LogP contribution in [0.4, 0.5) is 11.4 Å². The first-order valence-corrected chi connectivity index (χ1v) is 11.2. The average Bonchev–Trinajstić information content (AvgIpc) is 3.54. The molecule has 0 unspecified atom stereocenters. The van der Waals surface area contributed by atoms with Crippen molar-refractivity contribution in [3.63, 3.8) is 0 Å². The van der Waals surface area contributed by atoms with Gasteiger partial charge in [0, 0.05) is 42.5 Å². The molecule has 0 spiro atoms. The van der Waals surface area contributed by atoms with E-state index in [0.29, 0.717) is 49.5 Å². The number of nitrogens with zero attached hydrogens (tertiary/aromatic N) is 2. The minimum Gasteiger partial charge on any atom is -0.459 e. The summed E-state index contributed by atoms with van der Waals surface area (Å²) >= 11 is 0. The zero-order chi connectivity index (χ0) is 22.8. The largest absolute Gasteiger partial charge is 0.459 e. The van der Waals surface area contributed by atoms with Gasteiger partial charge in [0.2, 0.25) is 5.91 Å². The molecule has 1 aromatic heterocycles. The van der Waals surface area contributed by atoms with Crippen LogP contribution in [0.2, 0.25) is 0 Å². The van der Waals surface area contributed by atoms with E-state index in [2.05, 4.69) is 11.4 Å². The molecule has 3 aromatic rings. The maximum absolute atomic E-state index is 13.0. The van der Waals surface area contributed by atoms with Crippen molar-refractivity contribution in [1.29, 1.82) is 0 Å². The zero-order valence-corrected chi connectivity index (χ0v) is 18.2. The van der Waals surface area contributed by atoms with Crippen molar-refractivity contribution in [2.45, 2.75) is 19.3 Å². The second-order valence-electron chi connectivity index (χ2n) is 8.45. The summed E-state index contributed by atoms with van der Waals surface area (Å²) in [6, 6.07) is 18.3. The number of anilines is 2. The van der Waals surface area contributed by atoms with E-state index < -0.39 is 0 Å². The Bertz CT molecular complexity index is 1160. The number of benzene rings is 2. The van der Waals surface area contributed by atoms with Crippen LogP contribution in [0.1, 0.15) is 39.3 Å². The standard InChI is InChI=1S/C26H25N3O4/c30-24(19-11-14-28(15-12-19)26(32)23-6-3-17-33-23)27-21-9-7-20(8-10-21)25(31)29-16-13-18-4-1-2-5-22(18)29/h1-10,17,19H,11-16H2,(H,27,30). The summed E-state index contributed by atoms with van der Waals surface area (Å²) in [4.78, 5) is 41.6. The molecule has 1 N–H and O–H groups in total. The number of piperidine rings is 1. The fourth-order valence-electron chi connectivity index (χ4n) is 4.55. The zero-order valence-electron chi connectivity index (χ0n) is 18.2. The number of amides is 3. The molecular weight excluding hydrogens is 418 g/mol. The second kappa shape index (κ2) is 8.94. The third-order valence-corrected chi connectivity index (χ3v) is 6.42. The van der Waals surface area contributed by atoms with Crippen LogP contribution < -0.4 is 10.2 Å². The van der Waals surface area contributed by atoms with Crippen LogP contribution in [0, 0.1) is 5.92 Å². The Hall–Kier alpha value is -3.87. The summed E-state index contributed by atoms with van der Waals surface area (Å²) in [7, 11) is 0. The molecule has 3 heterocycles. The van der Waals surface area contributed by atoms with Crippen molar-refractivity contribution < 1.29 is 18.8 Å². The molecule has 0 radical (unpaired) electrons. The summed E-state index contributed by atoms with van der Waals surface area (Å²) in [5.41, 5.74) is 3.41. The Labute approximate surface area is 192 Å². The van der Waals surface area contributed by atoms with Gasteiger partial charge < -0.3 is 19.5 Å². The Morgan fingerprint density at radius 3 is 2.33 bits per heavy atom. The van der Waals surface area contributed by atoms with Crippen LogP contribution in [0.15, 0.2) is 71.3 Å². The van der Waals surface area contributed by atoms with Gasteiger partial charge in [-0.15, -0.1) is 0 Å². The lowest BCUT2D eigenvalue weighted by Crippen LogP contribution is -2.41. The molecule has 2 aliphatic heterocycles. The van der Waals surface area contributed by atoms with Gasteiger partial charge in [0.1, 0.15) is 0 Å². The number of hydrogen-bond donors (Lipinski definition) is 1. The summed E-state index contributed by atoms with van der Waals surface area (Å²) < 4.78 is 5.18. The number of rotatable bonds is 4. The van der Waals surface area contributed by atoms with Crippen LogP contribution in [-0.2, 0) is 11.2 Å². The highest BCUT2D eigenvalue weighted by Crippen LogP contribution is 2.29. The number of fused-ring (bicyclic) bond motifs is 1. The predicted octanol–water partition coefficient (Wildman–Crippen LogP) is 3.97. The molecule has 3 amide bonds. The van der Waals surface area contributed by atoms with Crippen LogP contribution in [-0.4, -0.2) is 42.3 Å². The molecular formula is C26H25N3O4. The predicted molar refractivity (Wildman–Crippen MR) is 124 cm³/mol. The van der Waals surface area contributed by atoms with Crippen LogP contribution in [0.5, 0.6) is 0 Å². The van der Waals surface area contributed by atoms with Gasteiger partial charge >= 0.3 is 0 Å². The lowest BCUT2D eigenvalue weighted by molar-refractivity contribution is -0.121. The number of carbonyl (C=O) groups excluding carboxylic acids is 3. The molecule has 1 saturated heterocycles. The van der Waals surface area contributed by atoms with Crippen molar-refractivity contribution in [1.82, 2.24) is 4.90 Å². The third kappa shape index (κ3) is 4.26. The first kappa shape index (κ1) is 21.0. The van der Waals surface area contributed by atoms with Crippen molar-refractivity contribution in [2.24, 2.45) is 5.92 Å². The monoisotopic (exact) mass is 443 g/mol. The highest BCUT2D eigenvalue weighted by atomic mass is 16.3. The summed E-state index contributed by atoms with van der Waals surface area (Å²) in [5.74, 6) is -0.0724. The Morgan fingerprint density at radius 1 is 0.848 bits per heavy atom. The van der Waals surface area contributed by atoms with Gasteiger partial charge in [0.15, 0.2) is 5.76 Å². The molecule has 7 nitrogen and oxygen atoms in total. The Morgan fingerprint density at radius 2 is 1.61 bits per heavy atom. The smallest absolute Gasteiger partial charge is 0.289 e. The molecule has 33 heavy (non-hydrogen) atoms. The van der Waals surface area contributed by atoms with E-state index in [1.807, 2.05) is 18.2 Å². The molecule has 0 bridgehead atoms. The van der Waals surface area contributed by atoms with E-state index in [1.165, 1.54) is 11.8 Å². The summed E-state index contributed by atoms with van der Waals surface area (Å²) in [6.07, 6.45) is 3.55. The minimum absolute atomic E-state index is 0.0357. The molecule has 0 aliphatic carbocycles. The molecule has 1 fully saturated rings. The van der Waals surface area contributed by atoms with E-state index in [0.717, 1.165) is 12.1 Å². The topological polar surface area (TPSA) is 82.9 Å². The normalized spacial score (nSPS) is 15.9. The van der Waals surface area contributed by atoms with Crippen molar-refractivity contribution >= 4 is 29.1 Å². The van der Waals surface area contributed by atoms with Crippen molar-refractivity contribution in [3.8, 4) is 0 Å². The Kier molecular flexibility index (Phi) is 5.69. The van der Waals surface area contributed by atoms with E-state index in [-0.39, 0.29) is 23.6 Å². The molecule has 0 atom stereocenters. The fourth-order valence-corrected chi connectivity index (χ4v) is 4.55. The van der Waals surface area contributed by atoms with E-state index >= 15 is 0 Å². The maximum Gasteiger partial charge on any atom is 0.289 e. The van der Waals surface area contributed by atoms with Crippen LogP contribution in [0.25, 0.3) is 0 Å². The number of para-hydroxylation sites is 1. The lowest BCUT2D eigenvalue weighted by atomic mass is 9.95. The minimum atomic E-state index is -0.159. The number of hydrogen-bond acceptors (Lipinski definition) is 4. The fraction of sp³-hybridized carbons (Fsp3) is 0.269. The first-order chi connectivity index (χ1) is 16.1. The van der Waals surface area contributed by atoms with Crippen LogP contribution >= 0.6 is 0 Å². The average molecular weight is 444 g/mol. The van der Waals surface area contributed by atoms with Gasteiger partial charge in [-0.1, -0.05) is 18.2 Å². The summed E-state index contributed by atoms with van der Waals surface area (Å²) in [5, 5.41) is 2.95. The van der Waals surface area contributed by atoms with E-state index in [9.17, 15) is 14.4 Å². The summed E-state index contributed by atoms with van der Waals surface area (Å²) in [6.45, 7) is 1.71. The lowest BCUT2D eigenvalue weighted by Gasteiger charge is -2.30. The van der Waals surface area contributed by atoms with E-state index in [1.54, 1.807) is 46.2 Å². The highest BCUT2D eigenvalue weighted by molar-refractivity contribution is 6.07. The molecule has 2 aromatic carbocycles. The van der Waals surface area contributed by atoms with Crippen molar-refractivity contribution in [2.75, 3.05) is 29.9 Å². The number of nitrogens with one attached hydrogen (secondary N) is 1. The quantitative estimate of drug-likeness (QED) is 0.661. The first-order valence-electron chi connectivity index (χ1n) is 11.2. The van der Waals surface area contributed by atoms with Gasteiger partial charge in [-0.05, 0) is 67.3 Å². The van der Waals surface area contributed by atoms with Gasteiger partial charge in [-0.25, -0.2) is 0 Å². The third-order valence-electron chi connectivity index (χ3n) is 6.42. The Balaban J connectivity index is 1.16. The number of carbonyl (C=O) groups is 3. The maximum atomic E-state index is 13.0. The SMILES string of the molecule is O=C(Nc1ccc(C(=O)N2CCc3ccccc32)cc1)C1CCN(C(=O)c2ccco2)CC1. The van der Waals surface area contributed by atoms with Crippen molar-refractivity contribution in [3.05, 3.63) is 83.8 Å².